The molecule has 1 aliphatic rings. The first-order chi connectivity index (χ1) is 15.6. The molecule has 3 unspecified atom stereocenters. The van der Waals surface area contributed by atoms with Gasteiger partial charge >= 0.3 is 0 Å². The Hall–Kier alpha value is -1.72. The molecule has 0 spiro atoms. The van der Waals surface area contributed by atoms with Crippen molar-refractivity contribution in [3.8, 4) is 0 Å². The number of nitrogens with zero attached hydrogens (tertiary/aromatic N) is 1. The Morgan fingerprint density at radius 2 is 1.55 bits per heavy atom. The molecule has 0 aromatic heterocycles. The molecule has 1 heterocycles. The Bertz CT molecular complexity index is 879. The zero-order valence-electron chi connectivity index (χ0n) is 21.4. The van der Waals surface area contributed by atoms with Crippen LogP contribution in [0.1, 0.15) is 63.8 Å². The number of hydrogen-bond donors (Lipinski definition) is 1. The van der Waals surface area contributed by atoms with Crippen LogP contribution in [-0.4, -0.2) is 37.5 Å². The highest BCUT2D eigenvalue weighted by molar-refractivity contribution is 6.74. The van der Waals surface area contributed by atoms with Gasteiger partial charge in [-0.25, -0.2) is 0 Å². The molecule has 4 heteroatoms. The summed E-state index contributed by atoms with van der Waals surface area (Å²) in [6, 6.07) is 21.2. The van der Waals surface area contributed by atoms with E-state index in [2.05, 4.69) is 88.2 Å². The Balaban J connectivity index is 1.84. The van der Waals surface area contributed by atoms with E-state index in [-0.39, 0.29) is 17.1 Å². The van der Waals surface area contributed by atoms with Crippen molar-refractivity contribution in [2.75, 3.05) is 13.2 Å². The lowest BCUT2D eigenvalue weighted by molar-refractivity contribution is 0.0548. The number of hydrogen-bond acceptors (Lipinski definition) is 3. The number of rotatable bonds is 10. The summed E-state index contributed by atoms with van der Waals surface area (Å²) in [5, 5.41) is 11.2. The normalized spacial score (nSPS) is 19.6. The van der Waals surface area contributed by atoms with E-state index >= 15 is 0 Å². The maximum Gasteiger partial charge on any atom is 0.192 e. The third-order valence-corrected chi connectivity index (χ3v) is 12.8. The fourth-order valence-corrected chi connectivity index (χ4v) is 6.98. The summed E-state index contributed by atoms with van der Waals surface area (Å²) >= 11 is 0. The molecule has 0 fully saturated rings. The van der Waals surface area contributed by atoms with Gasteiger partial charge < -0.3 is 9.53 Å². The number of benzene rings is 2. The number of aliphatic hydroxyl groups excluding tert-OH is 1. The van der Waals surface area contributed by atoms with E-state index in [1.165, 1.54) is 5.56 Å². The Morgan fingerprint density at radius 1 is 0.970 bits per heavy atom. The van der Waals surface area contributed by atoms with Gasteiger partial charge in [0, 0.05) is 12.6 Å². The van der Waals surface area contributed by atoms with Crippen LogP contribution in [0.3, 0.4) is 0 Å². The van der Waals surface area contributed by atoms with Crippen LogP contribution >= 0.6 is 0 Å². The molecule has 2 aromatic rings. The first-order valence-corrected chi connectivity index (χ1v) is 15.4. The van der Waals surface area contributed by atoms with Crippen molar-refractivity contribution >= 4 is 8.32 Å². The van der Waals surface area contributed by atoms with E-state index in [4.69, 9.17) is 4.43 Å². The fraction of sp³-hybridized carbons (Fsp3) is 0.517. The molecule has 3 nitrogen and oxygen atoms in total. The van der Waals surface area contributed by atoms with Crippen LogP contribution in [0.2, 0.25) is 18.1 Å². The van der Waals surface area contributed by atoms with E-state index in [9.17, 15) is 5.11 Å². The van der Waals surface area contributed by atoms with E-state index in [0.29, 0.717) is 12.5 Å². The van der Waals surface area contributed by atoms with Crippen LogP contribution in [-0.2, 0) is 4.43 Å². The molecule has 0 saturated heterocycles. The summed E-state index contributed by atoms with van der Waals surface area (Å²) in [6.45, 7) is 15.6. The van der Waals surface area contributed by atoms with Crippen LogP contribution in [0.4, 0.5) is 0 Å². The van der Waals surface area contributed by atoms with Crippen LogP contribution in [0.15, 0.2) is 72.8 Å². The van der Waals surface area contributed by atoms with Crippen molar-refractivity contribution in [1.29, 1.82) is 0 Å². The summed E-state index contributed by atoms with van der Waals surface area (Å²) in [7, 11) is -1.95. The predicted molar refractivity (Wildman–Crippen MR) is 142 cm³/mol. The van der Waals surface area contributed by atoms with Gasteiger partial charge in [0.15, 0.2) is 8.32 Å². The van der Waals surface area contributed by atoms with Gasteiger partial charge in [-0.15, -0.1) is 0 Å². The summed E-state index contributed by atoms with van der Waals surface area (Å²) in [6.07, 6.45) is 5.74. The molecule has 0 amide bonds. The zero-order chi connectivity index (χ0) is 24.1. The van der Waals surface area contributed by atoms with Crippen LogP contribution < -0.4 is 0 Å². The van der Waals surface area contributed by atoms with Crippen molar-refractivity contribution in [3.05, 3.63) is 83.9 Å². The van der Waals surface area contributed by atoms with Gasteiger partial charge in [-0.1, -0.05) is 101 Å². The minimum absolute atomic E-state index is 0.166. The maximum atomic E-state index is 11.0. The monoisotopic (exact) mass is 465 g/mol. The van der Waals surface area contributed by atoms with E-state index in [0.717, 1.165) is 24.9 Å². The molecule has 1 N–H and O–H groups in total. The Labute approximate surface area is 202 Å². The van der Waals surface area contributed by atoms with Crippen molar-refractivity contribution in [1.82, 2.24) is 4.90 Å². The number of aliphatic hydroxyl groups is 1. The Kier molecular flexibility index (Phi) is 8.74. The average molecular weight is 466 g/mol. The van der Waals surface area contributed by atoms with Gasteiger partial charge in [0.2, 0.25) is 0 Å². The zero-order valence-corrected chi connectivity index (χ0v) is 22.4. The molecule has 0 saturated carbocycles. The smallest absolute Gasteiger partial charge is 0.192 e. The summed E-state index contributed by atoms with van der Waals surface area (Å²) in [5.74, 6) is 0.570. The second-order valence-electron chi connectivity index (χ2n) is 10.8. The minimum Gasteiger partial charge on any atom is -0.415 e. The van der Waals surface area contributed by atoms with Crippen LogP contribution in [0, 0.1) is 5.92 Å². The van der Waals surface area contributed by atoms with E-state index in [1.54, 1.807) is 0 Å². The van der Waals surface area contributed by atoms with Crippen LogP contribution in [0.5, 0.6) is 0 Å². The molecular formula is C29H43NO2Si. The average Bonchev–Trinajstić information content (AvgIpc) is 2.81. The second-order valence-corrected chi connectivity index (χ2v) is 15.4. The SMILES string of the molecule is CC(C)C(C)(C)[Si](C)(C)OCC(c1ccccc1)N1CC=CCC1CC(O)c1ccccc1. The Morgan fingerprint density at radius 3 is 2.12 bits per heavy atom. The standard InChI is InChI=1S/C29H43NO2Si/c1-23(2)29(3,4)33(5,6)32-22-27(24-15-9-7-10-16-24)30-20-14-13-19-26(30)21-28(31)25-17-11-8-12-18-25/h7-18,23,26-28,31H,19-22H2,1-6H3. The lowest BCUT2D eigenvalue weighted by Crippen LogP contribution is -2.48. The predicted octanol–water partition coefficient (Wildman–Crippen LogP) is 7.14. The largest absolute Gasteiger partial charge is 0.415 e. The summed E-state index contributed by atoms with van der Waals surface area (Å²) in [5.41, 5.74) is 2.28. The molecule has 3 atom stereocenters. The van der Waals surface area contributed by atoms with Crippen molar-refractivity contribution in [2.24, 2.45) is 5.92 Å². The molecule has 3 rings (SSSR count). The molecule has 0 aliphatic carbocycles. The van der Waals surface area contributed by atoms with E-state index < -0.39 is 14.4 Å². The first-order valence-electron chi connectivity index (χ1n) is 12.5. The highest BCUT2D eigenvalue weighted by atomic mass is 28.4. The minimum atomic E-state index is -1.95. The lowest BCUT2D eigenvalue weighted by Gasteiger charge is -2.45. The molecule has 0 radical (unpaired) electrons. The molecule has 33 heavy (non-hydrogen) atoms. The van der Waals surface area contributed by atoms with Crippen LogP contribution in [0.25, 0.3) is 0 Å². The van der Waals surface area contributed by atoms with Gasteiger partial charge in [0.05, 0.1) is 18.8 Å². The fourth-order valence-electron chi connectivity index (χ4n) is 4.64. The molecule has 180 valence electrons. The van der Waals surface area contributed by atoms with Crippen molar-refractivity contribution in [3.63, 3.8) is 0 Å². The highest BCUT2D eigenvalue weighted by Gasteiger charge is 2.44. The third kappa shape index (κ3) is 6.24. The summed E-state index contributed by atoms with van der Waals surface area (Å²) in [4.78, 5) is 2.55. The van der Waals surface area contributed by atoms with Gasteiger partial charge in [-0.05, 0) is 48.0 Å². The van der Waals surface area contributed by atoms with E-state index in [1.807, 2.05) is 30.3 Å². The molecule has 2 aromatic carbocycles. The van der Waals surface area contributed by atoms with Gasteiger partial charge in [0.25, 0.3) is 0 Å². The van der Waals surface area contributed by atoms with Crippen molar-refractivity contribution in [2.45, 2.75) is 76.9 Å². The lowest BCUT2D eigenvalue weighted by atomic mass is 9.94. The quantitative estimate of drug-likeness (QED) is 0.299. The van der Waals surface area contributed by atoms with Crippen molar-refractivity contribution < 1.29 is 9.53 Å². The molecular weight excluding hydrogens is 422 g/mol. The topological polar surface area (TPSA) is 32.7 Å². The first kappa shape index (κ1) is 25.9. The highest BCUT2D eigenvalue weighted by Crippen LogP contribution is 2.45. The molecule has 1 aliphatic heterocycles. The van der Waals surface area contributed by atoms with Gasteiger partial charge in [-0.3, -0.25) is 4.90 Å². The maximum absolute atomic E-state index is 11.0. The third-order valence-electron chi connectivity index (χ3n) is 8.22. The van der Waals surface area contributed by atoms with Gasteiger partial charge in [-0.2, -0.15) is 0 Å². The van der Waals surface area contributed by atoms with Gasteiger partial charge in [0.1, 0.15) is 0 Å². The molecule has 0 bridgehead atoms. The summed E-state index contributed by atoms with van der Waals surface area (Å²) < 4.78 is 6.87. The second kappa shape index (κ2) is 11.1.